The van der Waals surface area contributed by atoms with Crippen LogP contribution >= 0.6 is 0 Å². The first kappa shape index (κ1) is 18.2. The van der Waals surface area contributed by atoms with Crippen molar-refractivity contribution in [3.05, 3.63) is 29.8 Å². The number of hydrogen-bond donors (Lipinski definition) is 2. The first-order chi connectivity index (χ1) is 12.9. The Balaban J connectivity index is 1.31. The Hall–Kier alpha value is -2.17. The van der Waals surface area contributed by atoms with Gasteiger partial charge in [0.2, 0.25) is 0 Å². The Morgan fingerprint density at radius 3 is 2.11 bits per heavy atom. The molecule has 27 heavy (non-hydrogen) atoms. The molecule has 0 radical (unpaired) electrons. The summed E-state index contributed by atoms with van der Waals surface area (Å²) >= 11 is 0. The highest BCUT2D eigenvalue weighted by molar-refractivity contribution is 6.39. The van der Waals surface area contributed by atoms with E-state index >= 15 is 0 Å². The van der Waals surface area contributed by atoms with Crippen molar-refractivity contribution in [1.82, 2.24) is 5.43 Å². The van der Waals surface area contributed by atoms with Gasteiger partial charge in [-0.05, 0) is 94.1 Å². The second kappa shape index (κ2) is 7.10. The minimum atomic E-state index is -0.722. The van der Waals surface area contributed by atoms with Crippen molar-refractivity contribution in [1.29, 1.82) is 0 Å². The van der Waals surface area contributed by atoms with Crippen LogP contribution in [-0.2, 0) is 9.59 Å². The van der Waals surface area contributed by atoms with E-state index in [2.05, 4.69) is 15.8 Å². The van der Waals surface area contributed by atoms with E-state index in [-0.39, 0.29) is 0 Å². The summed E-state index contributed by atoms with van der Waals surface area (Å²) in [5.41, 5.74) is 5.45. The van der Waals surface area contributed by atoms with Crippen LogP contribution in [0.15, 0.2) is 29.4 Å². The Kier molecular flexibility index (Phi) is 4.79. The lowest BCUT2D eigenvalue weighted by molar-refractivity contribution is -0.136. The number of aryl methyl sites for hydroxylation is 1. The molecule has 5 rings (SSSR count). The van der Waals surface area contributed by atoms with Crippen molar-refractivity contribution in [2.45, 2.75) is 58.8 Å². The van der Waals surface area contributed by atoms with Gasteiger partial charge < -0.3 is 5.32 Å². The highest BCUT2D eigenvalue weighted by atomic mass is 16.2. The van der Waals surface area contributed by atoms with Crippen molar-refractivity contribution in [3.8, 4) is 0 Å². The molecule has 1 aromatic carbocycles. The standard InChI is InChI=1S/C22H29N3O2/c1-14-3-5-19(6-4-14)23-20(26)21(27)25-24-15(2)10-22-11-16-7-17(12-22)9-18(8-16)13-22/h3-6,16-18H,7-13H2,1-2H3,(H,23,26)(H,25,27)/b24-15-. The number of rotatable bonds is 4. The Morgan fingerprint density at radius 2 is 1.56 bits per heavy atom. The van der Waals surface area contributed by atoms with E-state index in [1.54, 1.807) is 12.1 Å². The molecule has 2 amide bonds. The number of nitrogens with zero attached hydrogens (tertiary/aromatic N) is 1. The zero-order valence-corrected chi connectivity index (χ0v) is 16.3. The van der Waals surface area contributed by atoms with Gasteiger partial charge in [0.05, 0.1) is 0 Å². The second-order valence-corrected chi connectivity index (χ2v) is 9.20. The van der Waals surface area contributed by atoms with E-state index < -0.39 is 11.8 Å². The molecule has 0 spiro atoms. The van der Waals surface area contributed by atoms with Gasteiger partial charge in [0, 0.05) is 11.4 Å². The third-order valence-electron chi connectivity index (χ3n) is 6.66. The van der Waals surface area contributed by atoms with E-state index in [4.69, 9.17) is 0 Å². The van der Waals surface area contributed by atoms with Crippen LogP contribution in [0.25, 0.3) is 0 Å². The maximum Gasteiger partial charge on any atom is 0.329 e. The van der Waals surface area contributed by atoms with Crippen LogP contribution in [0.1, 0.15) is 57.4 Å². The number of carbonyl (C=O) groups excluding carboxylic acids is 2. The topological polar surface area (TPSA) is 70.6 Å². The lowest BCUT2D eigenvalue weighted by Gasteiger charge is -2.57. The molecule has 0 aromatic heterocycles. The molecule has 5 nitrogen and oxygen atoms in total. The molecule has 1 aromatic rings. The Labute approximate surface area is 161 Å². The summed E-state index contributed by atoms with van der Waals surface area (Å²) < 4.78 is 0. The number of amides is 2. The van der Waals surface area contributed by atoms with Crippen LogP contribution in [0.4, 0.5) is 5.69 Å². The van der Waals surface area contributed by atoms with Crippen LogP contribution in [0.2, 0.25) is 0 Å². The smallest absolute Gasteiger partial charge is 0.318 e. The maximum atomic E-state index is 12.1. The molecule has 0 saturated heterocycles. The predicted octanol–water partition coefficient (Wildman–Crippen LogP) is 4.03. The molecule has 2 N–H and O–H groups in total. The number of nitrogens with one attached hydrogen (secondary N) is 2. The number of carbonyl (C=O) groups is 2. The summed E-state index contributed by atoms with van der Waals surface area (Å²) in [6, 6.07) is 7.34. The van der Waals surface area contributed by atoms with Gasteiger partial charge >= 0.3 is 11.8 Å². The molecule has 0 unspecified atom stereocenters. The monoisotopic (exact) mass is 367 g/mol. The van der Waals surface area contributed by atoms with Crippen molar-refractivity contribution < 1.29 is 9.59 Å². The van der Waals surface area contributed by atoms with Gasteiger partial charge in [0.1, 0.15) is 0 Å². The minimum Gasteiger partial charge on any atom is -0.318 e. The summed E-state index contributed by atoms with van der Waals surface area (Å²) in [6.07, 6.45) is 9.15. The molecular formula is C22H29N3O2. The average Bonchev–Trinajstić information content (AvgIpc) is 2.60. The van der Waals surface area contributed by atoms with Crippen LogP contribution in [0.5, 0.6) is 0 Å². The number of anilines is 1. The molecule has 5 heteroatoms. The van der Waals surface area contributed by atoms with Gasteiger partial charge in [-0.1, -0.05) is 17.7 Å². The highest BCUT2D eigenvalue weighted by Gasteiger charge is 2.50. The summed E-state index contributed by atoms with van der Waals surface area (Å²) in [7, 11) is 0. The quantitative estimate of drug-likeness (QED) is 0.479. The number of hydrogen-bond acceptors (Lipinski definition) is 3. The summed E-state index contributed by atoms with van der Waals surface area (Å²) in [5, 5.41) is 6.83. The number of hydrazone groups is 1. The van der Waals surface area contributed by atoms with Crippen molar-refractivity contribution in [2.75, 3.05) is 5.32 Å². The van der Waals surface area contributed by atoms with E-state index in [1.807, 2.05) is 26.0 Å². The molecular weight excluding hydrogens is 338 g/mol. The van der Waals surface area contributed by atoms with Crippen molar-refractivity contribution in [2.24, 2.45) is 28.3 Å². The van der Waals surface area contributed by atoms with Crippen LogP contribution in [-0.4, -0.2) is 17.5 Å². The van der Waals surface area contributed by atoms with Crippen molar-refractivity contribution in [3.63, 3.8) is 0 Å². The molecule has 0 atom stereocenters. The SMILES string of the molecule is C/C(CC12CC3CC(CC(C3)C1)C2)=N/NC(=O)C(=O)Nc1ccc(C)cc1. The van der Waals surface area contributed by atoms with Gasteiger partial charge in [-0.3, -0.25) is 9.59 Å². The fourth-order valence-corrected chi connectivity index (χ4v) is 6.11. The maximum absolute atomic E-state index is 12.1. The molecule has 4 saturated carbocycles. The number of benzene rings is 1. The summed E-state index contributed by atoms with van der Waals surface area (Å²) in [4.78, 5) is 24.1. The van der Waals surface area contributed by atoms with Gasteiger partial charge in [0.15, 0.2) is 0 Å². The molecule has 4 aliphatic rings. The zero-order valence-electron chi connectivity index (χ0n) is 16.3. The zero-order chi connectivity index (χ0) is 19.0. The Bertz CT molecular complexity index is 731. The largest absolute Gasteiger partial charge is 0.329 e. The third-order valence-corrected chi connectivity index (χ3v) is 6.66. The van der Waals surface area contributed by atoms with Gasteiger partial charge in [-0.2, -0.15) is 5.10 Å². The second-order valence-electron chi connectivity index (χ2n) is 9.20. The summed E-state index contributed by atoms with van der Waals surface area (Å²) in [5.74, 6) is 1.29. The highest BCUT2D eigenvalue weighted by Crippen LogP contribution is 2.61. The molecule has 0 aliphatic heterocycles. The first-order valence-corrected chi connectivity index (χ1v) is 10.1. The van der Waals surface area contributed by atoms with Gasteiger partial charge in [0.25, 0.3) is 0 Å². The first-order valence-electron chi connectivity index (χ1n) is 10.1. The molecule has 144 valence electrons. The van der Waals surface area contributed by atoms with Crippen LogP contribution in [0, 0.1) is 30.1 Å². The van der Waals surface area contributed by atoms with Gasteiger partial charge in [-0.15, -0.1) is 0 Å². The van der Waals surface area contributed by atoms with E-state index in [1.165, 1.54) is 38.5 Å². The lowest BCUT2D eigenvalue weighted by atomic mass is 9.48. The van der Waals surface area contributed by atoms with Crippen LogP contribution < -0.4 is 10.7 Å². The normalized spacial score (nSPS) is 31.6. The van der Waals surface area contributed by atoms with E-state index in [9.17, 15) is 9.59 Å². The van der Waals surface area contributed by atoms with Crippen molar-refractivity contribution >= 4 is 23.2 Å². The third kappa shape index (κ3) is 4.07. The molecule has 4 bridgehead atoms. The van der Waals surface area contributed by atoms with Gasteiger partial charge in [-0.25, -0.2) is 5.43 Å². The lowest BCUT2D eigenvalue weighted by Crippen LogP contribution is -2.46. The Morgan fingerprint density at radius 1 is 1.00 bits per heavy atom. The fraction of sp³-hybridized carbons (Fsp3) is 0.591. The van der Waals surface area contributed by atoms with E-state index in [0.29, 0.717) is 11.1 Å². The molecule has 4 fully saturated rings. The average molecular weight is 367 g/mol. The fourth-order valence-electron chi connectivity index (χ4n) is 6.11. The summed E-state index contributed by atoms with van der Waals surface area (Å²) in [6.45, 7) is 3.94. The predicted molar refractivity (Wildman–Crippen MR) is 106 cm³/mol. The van der Waals surface area contributed by atoms with E-state index in [0.717, 1.165) is 35.4 Å². The molecule has 0 heterocycles. The molecule has 4 aliphatic carbocycles. The minimum absolute atomic E-state index is 0.386. The van der Waals surface area contributed by atoms with Crippen LogP contribution in [0.3, 0.4) is 0 Å².